The van der Waals surface area contributed by atoms with Crippen molar-refractivity contribution in [3.63, 3.8) is 0 Å². The minimum Gasteiger partial charge on any atom is -0.494 e. The molecule has 0 amide bonds. The summed E-state index contributed by atoms with van der Waals surface area (Å²) in [6, 6.07) is 9.28. The van der Waals surface area contributed by atoms with Crippen LogP contribution < -0.4 is 10.1 Å². The molecule has 0 bridgehead atoms. The van der Waals surface area contributed by atoms with Crippen LogP contribution in [0.15, 0.2) is 42.1 Å². The molecular weight excluding hydrogens is 366 g/mol. The molecule has 1 aromatic heterocycles. The predicted octanol–water partition coefficient (Wildman–Crippen LogP) is 4.49. The zero-order valence-corrected chi connectivity index (χ0v) is 15.8. The maximum atomic E-state index is 11.3. The Bertz CT molecular complexity index is 1060. The van der Waals surface area contributed by atoms with Crippen LogP contribution in [0, 0.1) is 0 Å². The molecule has 3 rings (SSSR count). The number of rotatable bonds is 5. The fourth-order valence-electron chi connectivity index (χ4n) is 2.82. The molecule has 3 aromatic rings. The lowest BCUT2D eigenvalue weighted by atomic mass is 9.97. The number of halogens is 1. The second-order valence-electron chi connectivity index (χ2n) is 5.90. The standard InChI is InChI=1S/C20H18ClN3O3/c1-11(19(25)26)7-13-9-15(12-5-4-6-14(21)8-12)16-10-23-20(22-2)24-17(16)18(13)27-3/h4-10H,1-3H3,(H,25,26)(H,22,23,24)/b11-7+. The van der Waals surface area contributed by atoms with Gasteiger partial charge in [-0.05, 0) is 42.3 Å². The Morgan fingerprint density at radius 2 is 2.11 bits per heavy atom. The van der Waals surface area contributed by atoms with E-state index in [2.05, 4.69) is 15.3 Å². The van der Waals surface area contributed by atoms with E-state index in [9.17, 15) is 9.90 Å². The number of methoxy groups -OCH3 is 1. The minimum absolute atomic E-state index is 0.188. The first-order chi connectivity index (χ1) is 12.9. The number of carbonyl (C=O) groups is 1. The van der Waals surface area contributed by atoms with E-state index >= 15 is 0 Å². The smallest absolute Gasteiger partial charge is 0.331 e. The number of carboxylic acid groups (broad SMARTS) is 1. The van der Waals surface area contributed by atoms with Gasteiger partial charge in [-0.1, -0.05) is 23.7 Å². The molecule has 2 aromatic carbocycles. The molecule has 0 spiro atoms. The quantitative estimate of drug-likeness (QED) is 0.631. The maximum absolute atomic E-state index is 11.3. The van der Waals surface area contributed by atoms with Crippen molar-refractivity contribution in [2.75, 3.05) is 19.5 Å². The van der Waals surface area contributed by atoms with Gasteiger partial charge < -0.3 is 15.2 Å². The van der Waals surface area contributed by atoms with Crippen LogP contribution in [0.3, 0.4) is 0 Å². The van der Waals surface area contributed by atoms with Gasteiger partial charge >= 0.3 is 5.97 Å². The average molecular weight is 384 g/mol. The molecule has 2 N–H and O–H groups in total. The lowest BCUT2D eigenvalue weighted by molar-refractivity contribution is -0.132. The van der Waals surface area contributed by atoms with Crippen molar-refractivity contribution in [1.29, 1.82) is 0 Å². The molecule has 6 nitrogen and oxygen atoms in total. The zero-order chi connectivity index (χ0) is 19.6. The fourth-order valence-corrected chi connectivity index (χ4v) is 3.01. The molecule has 0 saturated carbocycles. The van der Waals surface area contributed by atoms with E-state index in [1.54, 1.807) is 25.4 Å². The Balaban J connectivity index is 2.41. The van der Waals surface area contributed by atoms with Crippen LogP contribution in [0.5, 0.6) is 5.75 Å². The first-order valence-electron chi connectivity index (χ1n) is 8.17. The monoisotopic (exact) mass is 383 g/mol. The summed E-state index contributed by atoms with van der Waals surface area (Å²) < 4.78 is 5.57. The Morgan fingerprint density at radius 1 is 1.33 bits per heavy atom. The molecule has 0 aliphatic carbocycles. The van der Waals surface area contributed by atoms with Crippen molar-refractivity contribution in [2.24, 2.45) is 0 Å². The fraction of sp³-hybridized carbons (Fsp3) is 0.150. The Labute approximate surface area is 161 Å². The summed E-state index contributed by atoms with van der Waals surface area (Å²) >= 11 is 6.16. The molecular formula is C20H18ClN3O3. The van der Waals surface area contributed by atoms with Gasteiger partial charge in [0.15, 0.2) is 5.75 Å². The summed E-state index contributed by atoms with van der Waals surface area (Å²) in [6.45, 7) is 1.53. The highest BCUT2D eigenvalue weighted by molar-refractivity contribution is 6.31. The molecule has 7 heteroatoms. The van der Waals surface area contributed by atoms with Crippen LogP contribution in [-0.2, 0) is 4.79 Å². The largest absolute Gasteiger partial charge is 0.494 e. The molecule has 1 heterocycles. The van der Waals surface area contributed by atoms with E-state index in [0.717, 1.165) is 16.5 Å². The number of aliphatic carboxylic acids is 1. The number of nitrogens with zero attached hydrogens (tertiary/aromatic N) is 2. The number of carboxylic acids is 1. The summed E-state index contributed by atoms with van der Waals surface area (Å²) in [4.78, 5) is 20.1. The second-order valence-corrected chi connectivity index (χ2v) is 6.33. The van der Waals surface area contributed by atoms with Crippen molar-refractivity contribution >= 4 is 40.5 Å². The zero-order valence-electron chi connectivity index (χ0n) is 15.1. The molecule has 0 aliphatic heterocycles. The number of anilines is 1. The van der Waals surface area contributed by atoms with Gasteiger partial charge in [-0.15, -0.1) is 0 Å². The van der Waals surface area contributed by atoms with Crippen molar-refractivity contribution in [2.45, 2.75) is 6.92 Å². The van der Waals surface area contributed by atoms with E-state index < -0.39 is 5.97 Å². The van der Waals surface area contributed by atoms with Crippen LogP contribution in [0.1, 0.15) is 12.5 Å². The van der Waals surface area contributed by atoms with Gasteiger partial charge in [0, 0.05) is 34.8 Å². The first kappa shape index (κ1) is 18.7. The summed E-state index contributed by atoms with van der Waals surface area (Å²) in [5, 5.41) is 13.5. The summed E-state index contributed by atoms with van der Waals surface area (Å²) in [6.07, 6.45) is 3.28. The third kappa shape index (κ3) is 3.71. The topological polar surface area (TPSA) is 84.3 Å². The van der Waals surface area contributed by atoms with Gasteiger partial charge in [-0.2, -0.15) is 0 Å². The minimum atomic E-state index is -1.000. The van der Waals surface area contributed by atoms with Crippen LogP contribution in [0.25, 0.3) is 28.1 Å². The van der Waals surface area contributed by atoms with Crippen LogP contribution in [0.2, 0.25) is 5.02 Å². The molecule has 0 fully saturated rings. The lowest BCUT2D eigenvalue weighted by Crippen LogP contribution is -2.01. The van der Waals surface area contributed by atoms with Crippen molar-refractivity contribution < 1.29 is 14.6 Å². The Hall–Kier alpha value is -3.12. The number of fused-ring (bicyclic) bond motifs is 1. The number of aromatic nitrogens is 2. The van der Waals surface area contributed by atoms with Crippen LogP contribution in [0.4, 0.5) is 5.95 Å². The van der Waals surface area contributed by atoms with E-state index in [1.165, 1.54) is 14.0 Å². The van der Waals surface area contributed by atoms with Gasteiger partial charge in [-0.25, -0.2) is 14.8 Å². The van der Waals surface area contributed by atoms with E-state index in [1.807, 2.05) is 24.3 Å². The van der Waals surface area contributed by atoms with Crippen LogP contribution >= 0.6 is 11.6 Å². The molecule has 138 valence electrons. The van der Waals surface area contributed by atoms with E-state index in [0.29, 0.717) is 27.8 Å². The predicted molar refractivity (Wildman–Crippen MR) is 107 cm³/mol. The highest BCUT2D eigenvalue weighted by Crippen LogP contribution is 2.38. The molecule has 0 unspecified atom stereocenters. The van der Waals surface area contributed by atoms with Gasteiger partial charge in [0.05, 0.1) is 7.11 Å². The highest BCUT2D eigenvalue weighted by Gasteiger charge is 2.16. The summed E-state index contributed by atoms with van der Waals surface area (Å²) in [5.74, 6) is -0.0794. The van der Waals surface area contributed by atoms with Crippen molar-refractivity contribution in [1.82, 2.24) is 9.97 Å². The summed E-state index contributed by atoms with van der Waals surface area (Å²) in [5.41, 5.74) is 3.09. The number of nitrogens with one attached hydrogen (secondary N) is 1. The molecule has 27 heavy (non-hydrogen) atoms. The summed E-state index contributed by atoms with van der Waals surface area (Å²) in [7, 11) is 3.26. The van der Waals surface area contributed by atoms with E-state index in [4.69, 9.17) is 16.3 Å². The average Bonchev–Trinajstić information content (AvgIpc) is 2.66. The van der Waals surface area contributed by atoms with Gasteiger partial charge in [0.25, 0.3) is 0 Å². The number of hydrogen-bond acceptors (Lipinski definition) is 5. The first-order valence-corrected chi connectivity index (χ1v) is 8.55. The van der Waals surface area contributed by atoms with Crippen molar-refractivity contribution in [3.8, 4) is 16.9 Å². The normalized spacial score (nSPS) is 11.5. The third-order valence-corrected chi connectivity index (χ3v) is 4.36. The molecule has 0 radical (unpaired) electrons. The van der Waals surface area contributed by atoms with Gasteiger partial charge in [0.2, 0.25) is 5.95 Å². The second kappa shape index (κ2) is 7.63. The number of benzene rings is 2. The van der Waals surface area contributed by atoms with Crippen molar-refractivity contribution in [3.05, 3.63) is 52.7 Å². The third-order valence-electron chi connectivity index (χ3n) is 4.13. The number of hydrogen-bond donors (Lipinski definition) is 2. The molecule has 0 saturated heterocycles. The van der Waals surface area contributed by atoms with Crippen LogP contribution in [-0.4, -0.2) is 35.2 Å². The maximum Gasteiger partial charge on any atom is 0.331 e. The van der Waals surface area contributed by atoms with Gasteiger partial charge in [-0.3, -0.25) is 0 Å². The van der Waals surface area contributed by atoms with Gasteiger partial charge in [0.1, 0.15) is 5.52 Å². The SMILES string of the molecule is CNc1ncc2c(-c3cccc(Cl)c3)cc(/C=C(\C)C(=O)O)c(OC)c2n1. The Morgan fingerprint density at radius 3 is 2.74 bits per heavy atom. The molecule has 0 atom stereocenters. The highest BCUT2D eigenvalue weighted by atomic mass is 35.5. The Kier molecular flexibility index (Phi) is 5.28. The number of ether oxygens (including phenoxy) is 1. The lowest BCUT2D eigenvalue weighted by Gasteiger charge is -2.14. The molecule has 0 aliphatic rings. The van der Waals surface area contributed by atoms with E-state index in [-0.39, 0.29) is 5.57 Å².